The molecule has 41 N–H and O–H groups in total. The average Bonchev–Trinajstić information content (AvgIpc) is 0.762. The molecule has 0 aliphatic carbocycles. The molecule has 65 atom stereocenters. The van der Waals surface area contributed by atoms with E-state index in [4.69, 9.17) is 118 Å². The van der Waals surface area contributed by atoms with Crippen molar-refractivity contribution in [2.75, 3.05) is 85.9 Å². The van der Waals surface area contributed by atoms with E-state index in [2.05, 4.69) is 0 Å². The van der Waals surface area contributed by atoms with Gasteiger partial charge in [-0.1, -0.05) is 0 Å². The third-order valence-corrected chi connectivity index (χ3v) is 27.1. The minimum absolute atomic E-state index is 0.821. The Kier molecular flexibility index (Phi) is 42.2. The van der Waals surface area contributed by atoms with Crippen LogP contribution in [0.3, 0.4) is 0 Å². The van der Waals surface area contributed by atoms with Gasteiger partial charge < -0.3 is 328 Å². The van der Waals surface area contributed by atoms with Gasteiger partial charge in [0, 0.05) is 0 Å². The third kappa shape index (κ3) is 24.9. The van der Waals surface area contributed by atoms with E-state index in [0.717, 1.165) is 0 Å². The maximum atomic E-state index is 12.6. The van der Waals surface area contributed by atoms with E-state index in [9.17, 15) is 209 Å². The molecular formula is C78H132O66. The number of aliphatic hydroxyl groups is 41. The zero-order valence-corrected chi connectivity index (χ0v) is 75.3. The van der Waals surface area contributed by atoms with Crippen LogP contribution in [0.25, 0.3) is 0 Å². The van der Waals surface area contributed by atoms with Crippen molar-refractivity contribution < 1.29 is 328 Å². The van der Waals surface area contributed by atoms with Crippen LogP contribution in [-0.4, -0.2) is 694 Å². The molecule has 0 bridgehead atoms. The Labute approximate surface area is 810 Å². The van der Waals surface area contributed by atoms with Crippen molar-refractivity contribution in [1.82, 2.24) is 0 Å². The highest BCUT2D eigenvalue weighted by molar-refractivity contribution is 5.05. The van der Waals surface area contributed by atoms with E-state index >= 15 is 0 Å². The molecule has 0 radical (unpaired) electrons. The van der Waals surface area contributed by atoms with E-state index in [1.807, 2.05) is 0 Å². The molecule has 66 nitrogen and oxygen atoms in total. The summed E-state index contributed by atoms with van der Waals surface area (Å²) in [6.07, 6.45) is -142. The molecule has 840 valence electrons. The lowest BCUT2D eigenvalue weighted by molar-refractivity contribution is -0.404. The highest BCUT2D eigenvalue weighted by Gasteiger charge is 2.63. The lowest BCUT2D eigenvalue weighted by Gasteiger charge is -2.50. The van der Waals surface area contributed by atoms with Gasteiger partial charge in [0.1, 0.15) is 317 Å². The van der Waals surface area contributed by atoms with E-state index < -0.39 is 485 Å². The summed E-state index contributed by atoms with van der Waals surface area (Å²) in [6, 6.07) is 0. The molecule has 13 fully saturated rings. The Bertz CT molecular complexity index is 3800. The monoisotopic (exact) mass is 2120 g/mol. The predicted octanol–water partition coefficient (Wildman–Crippen LogP) is -29.3. The first-order valence-electron chi connectivity index (χ1n) is 45.7. The number of hydrogen-bond acceptors (Lipinski definition) is 66. The number of hydrogen-bond donors (Lipinski definition) is 41. The van der Waals surface area contributed by atoms with Gasteiger partial charge in [-0.05, 0) is 0 Å². The first-order chi connectivity index (χ1) is 68.3. The third-order valence-electron chi connectivity index (χ3n) is 27.1. The lowest BCUT2D eigenvalue weighted by Crippen LogP contribution is -2.69. The Hall–Kier alpha value is -2.64. The summed E-state index contributed by atoms with van der Waals surface area (Å²) in [4.78, 5) is 0. The van der Waals surface area contributed by atoms with Gasteiger partial charge in [-0.15, -0.1) is 0 Å². The van der Waals surface area contributed by atoms with Crippen LogP contribution in [0.5, 0.6) is 0 Å². The van der Waals surface area contributed by atoms with Gasteiger partial charge in [0.2, 0.25) is 0 Å². The molecule has 13 heterocycles. The smallest absolute Gasteiger partial charge is 0.187 e. The highest BCUT2D eigenvalue weighted by atomic mass is 16.8. The largest absolute Gasteiger partial charge is 0.394 e. The van der Waals surface area contributed by atoms with E-state index in [0.29, 0.717) is 0 Å². The van der Waals surface area contributed by atoms with Gasteiger partial charge in [-0.2, -0.15) is 0 Å². The first kappa shape index (κ1) is 118. The summed E-state index contributed by atoms with van der Waals surface area (Å²) in [7, 11) is 0. The van der Waals surface area contributed by atoms with E-state index in [-0.39, 0.29) is 0 Å². The van der Waals surface area contributed by atoms with Gasteiger partial charge in [-0.3, -0.25) is 0 Å². The van der Waals surface area contributed by atoms with Crippen molar-refractivity contribution in [1.29, 1.82) is 0 Å². The average molecular weight is 2130 g/mol. The van der Waals surface area contributed by atoms with Crippen LogP contribution < -0.4 is 0 Å². The molecule has 13 aliphatic rings. The number of rotatable bonds is 37. The van der Waals surface area contributed by atoms with Crippen molar-refractivity contribution in [2.45, 2.75) is 399 Å². The van der Waals surface area contributed by atoms with Gasteiger partial charge in [-0.25, -0.2) is 0 Å². The first-order valence-corrected chi connectivity index (χ1v) is 45.7. The molecule has 0 aromatic carbocycles. The highest BCUT2D eigenvalue weighted by Crippen LogP contribution is 2.43. The molecule has 13 rings (SSSR count). The summed E-state index contributed by atoms with van der Waals surface area (Å²) in [5.41, 5.74) is 0. The predicted molar refractivity (Wildman–Crippen MR) is 428 cm³/mol. The van der Waals surface area contributed by atoms with Gasteiger partial charge in [0.15, 0.2) is 81.8 Å². The topological polar surface area (TPSA) is 1060 Å². The van der Waals surface area contributed by atoms with Crippen molar-refractivity contribution in [3.8, 4) is 0 Å². The SMILES string of the molecule is OC[C@H]1O[C@@H](OC[C@H]2O[C@@H](OC[C@H]3O[C@@H](OC[C@H]4O[C@@H](OC[C@H]5O[C@@H](O[C@@H]6[C@@H](O)[C@H](O[C@@H]7[C@@H](O)[C@H](O[C@@H]8[C@@H](O)[C@H](O[C@@H]9[C@@H](O)[C@H](O)O[C@H](CO)[C@H]9O)O[C@H](CO)[C@H]8O)O[C@H](CO)[C@H]7O)O[C@H](CO)[C@H]6O)[C@H](O)[C@@H](O[C@@H]6O[C@H](CO)[C@@H](O)[C@H](O[C@@H]7O[C@H](CO)[C@@H](O)[C@H](O[C@@H]8O[C@H](CO)[C@@H](O)[C@H](O[C@@H]9O[C@H](CO)[C@@H](O)[C@H](O)[C@H]9O)[C@H]8O)[C@H]7O)[C@H]6O)[C@@H]5O)[C@H](O)[C@@H](O)[C@@H]4O)[C@H](O)[C@@H](O)[C@@H]3O)[C@H](O)[C@@H](O)[C@@H]2O)[C@H](O)[C@@H](O)[C@@H]1O. The molecule has 0 aromatic rings. The molecule has 0 amide bonds. The molecule has 66 heteroatoms. The van der Waals surface area contributed by atoms with E-state index in [1.165, 1.54) is 0 Å². The summed E-state index contributed by atoms with van der Waals surface area (Å²) < 4.78 is 142. The number of aliphatic hydroxyl groups excluding tert-OH is 41. The fourth-order valence-corrected chi connectivity index (χ4v) is 18.5. The Balaban J connectivity index is 0.734. The summed E-state index contributed by atoms with van der Waals surface area (Å²) in [5.74, 6) is 0. The second kappa shape index (κ2) is 51.4. The van der Waals surface area contributed by atoms with Crippen molar-refractivity contribution in [2.24, 2.45) is 0 Å². The molecule has 144 heavy (non-hydrogen) atoms. The number of ether oxygens (including phenoxy) is 25. The molecule has 0 unspecified atom stereocenters. The van der Waals surface area contributed by atoms with Crippen LogP contribution in [0.15, 0.2) is 0 Å². The lowest BCUT2D eigenvalue weighted by atomic mass is 9.94. The van der Waals surface area contributed by atoms with Crippen molar-refractivity contribution in [3.63, 3.8) is 0 Å². The van der Waals surface area contributed by atoms with E-state index in [1.54, 1.807) is 0 Å². The molecule has 13 aliphatic heterocycles. The zero-order chi connectivity index (χ0) is 105. The molecule has 13 saturated heterocycles. The van der Waals surface area contributed by atoms with Crippen molar-refractivity contribution in [3.05, 3.63) is 0 Å². The minimum Gasteiger partial charge on any atom is -0.394 e. The van der Waals surface area contributed by atoms with Crippen LogP contribution in [0, 0.1) is 0 Å². The van der Waals surface area contributed by atoms with Crippen LogP contribution >= 0.6 is 0 Å². The van der Waals surface area contributed by atoms with Crippen LogP contribution in [0.4, 0.5) is 0 Å². The van der Waals surface area contributed by atoms with Crippen LogP contribution in [0.1, 0.15) is 0 Å². The van der Waals surface area contributed by atoms with Crippen LogP contribution in [0.2, 0.25) is 0 Å². The Morgan fingerprint density at radius 2 is 0.243 bits per heavy atom. The molecule has 0 saturated carbocycles. The maximum Gasteiger partial charge on any atom is 0.187 e. The van der Waals surface area contributed by atoms with Gasteiger partial charge >= 0.3 is 0 Å². The zero-order valence-electron chi connectivity index (χ0n) is 75.3. The Morgan fingerprint density at radius 1 is 0.118 bits per heavy atom. The Morgan fingerprint density at radius 3 is 0.438 bits per heavy atom. The summed E-state index contributed by atoms with van der Waals surface area (Å²) >= 11 is 0. The fraction of sp³-hybridized carbons (Fsp3) is 1.00. The second-order valence-electron chi connectivity index (χ2n) is 36.6. The normalized spacial score (nSPS) is 53.9. The summed E-state index contributed by atoms with van der Waals surface area (Å²) in [6.45, 7) is -14.3. The molecule has 0 spiro atoms. The molecular weight excluding hydrogens is 1990 g/mol. The van der Waals surface area contributed by atoms with Crippen LogP contribution in [-0.2, 0) is 118 Å². The maximum absolute atomic E-state index is 12.6. The minimum atomic E-state index is -2.72. The van der Waals surface area contributed by atoms with Gasteiger partial charge in [0.05, 0.1) is 85.9 Å². The summed E-state index contributed by atoms with van der Waals surface area (Å²) in [5, 5.41) is 454. The quantitative estimate of drug-likeness (QED) is 0.0275. The second-order valence-corrected chi connectivity index (χ2v) is 36.6. The van der Waals surface area contributed by atoms with Crippen molar-refractivity contribution >= 4 is 0 Å². The standard InChI is InChI=1S/C78H132O66/c79-1-14-27(88)40(101)45(106)67(125-14)120-10-23-29(90)42(103)46(107)68(133-23)121-11-24-30(91)43(104)47(108)69(134-24)122-12-25-31(92)44(105)48(109)70(135-25)123-13-26-39(100)65(144-77-55(116)63(37(98)21(8-86)132-77)142-75-53(114)61(35(96)19(6-84)130-75)140-73-51(112)59(33(94)17(4-82)128-73)138-71-49(110)41(102)28(89)15(2-80)126-71)57(118)78(136-26)143-64-38(99)22(9-87)131-76(56(64)117)141-62-36(97)20(7-85)129-74(54(62)115)139-60-34(95)18(5-83)127-72(52(60)113)137-58-32(93)16(3-81)124-66(119)50(58)111/h14-119H,1-13H2/t14-,15-,16-,17-,18-,19-,20-,21-,22-,23-,24-,25-,26-,27-,28-,29-,30-,31-,32-,33-,34-,35-,36-,37-,38-,39-,40+,41+,42+,43+,44+,45-,46-,47-,48-,49-,50-,51-,52-,53-,54-,55-,56-,57-,58+,59+,60+,61+,62+,63+,64+,65+,66-,67-,68-,69-,70-,71+,72+,73+,74+,75+,76+,77+,78+/m1/s1. The van der Waals surface area contributed by atoms with Gasteiger partial charge in [0.25, 0.3) is 0 Å². The fourth-order valence-electron chi connectivity index (χ4n) is 18.5. The molecule has 0 aromatic heterocycles.